The highest BCUT2D eigenvalue weighted by atomic mass is 16.5. The lowest BCUT2D eigenvalue weighted by atomic mass is 10.1. The molecule has 0 aliphatic rings. The summed E-state index contributed by atoms with van der Waals surface area (Å²) < 4.78 is 10.4. The van der Waals surface area contributed by atoms with Gasteiger partial charge in [0.15, 0.2) is 0 Å². The van der Waals surface area contributed by atoms with Crippen LogP contribution in [0.5, 0.6) is 0 Å². The summed E-state index contributed by atoms with van der Waals surface area (Å²) >= 11 is 0. The SMILES string of the molecule is NCCCC[C@H](N)C(=O)NCCOCCOCCN. The van der Waals surface area contributed by atoms with E-state index in [2.05, 4.69) is 5.32 Å². The molecular weight excluding hydrogens is 248 g/mol. The van der Waals surface area contributed by atoms with Crippen molar-refractivity contribution in [2.75, 3.05) is 46.1 Å². The third-order valence-electron chi connectivity index (χ3n) is 2.49. The summed E-state index contributed by atoms with van der Waals surface area (Å²) in [6.07, 6.45) is 2.43. The van der Waals surface area contributed by atoms with Crippen LogP contribution >= 0.6 is 0 Å². The average molecular weight is 276 g/mol. The maximum absolute atomic E-state index is 11.5. The van der Waals surface area contributed by atoms with Gasteiger partial charge in [-0.1, -0.05) is 6.42 Å². The molecule has 7 N–H and O–H groups in total. The van der Waals surface area contributed by atoms with Crippen LogP contribution in [0.3, 0.4) is 0 Å². The minimum absolute atomic E-state index is 0.139. The van der Waals surface area contributed by atoms with Gasteiger partial charge in [0.05, 0.1) is 32.5 Å². The van der Waals surface area contributed by atoms with Crippen molar-refractivity contribution in [2.24, 2.45) is 17.2 Å². The Morgan fingerprint density at radius 2 is 1.68 bits per heavy atom. The maximum atomic E-state index is 11.5. The van der Waals surface area contributed by atoms with Crippen molar-refractivity contribution in [1.82, 2.24) is 5.32 Å². The molecule has 0 unspecified atom stereocenters. The highest BCUT2D eigenvalue weighted by molar-refractivity contribution is 5.81. The van der Waals surface area contributed by atoms with Crippen molar-refractivity contribution in [3.05, 3.63) is 0 Å². The average Bonchev–Trinajstić information content (AvgIpc) is 2.41. The van der Waals surface area contributed by atoms with E-state index in [9.17, 15) is 4.79 Å². The van der Waals surface area contributed by atoms with E-state index in [1.165, 1.54) is 0 Å². The van der Waals surface area contributed by atoms with Crippen LogP contribution in [0.2, 0.25) is 0 Å². The molecule has 1 amide bonds. The molecule has 1 atom stereocenters. The number of hydrogen-bond donors (Lipinski definition) is 4. The molecule has 0 aliphatic carbocycles. The molecule has 0 fully saturated rings. The number of carbonyl (C=O) groups is 1. The third kappa shape index (κ3) is 12.1. The molecule has 0 bridgehead atoms. The molecule has 114 valence electrons. The van der Waals surface area contributed by atoms with Gasteiger partial charge in [0.2, 0.25) is 5.91 Å². The van der Waals surface area contributed by atoms with E-state index >= 15 is 0 Å². The Labute approximate surface area is 115 Å². The van der Waals surface area contributed by atoms with Crippen molar-refractivity contribution in [2.45, 2.75) is 25.3 Å². The largest absolute Gasteiger partial charge is 0.378 e. The van der Waals surface area contributed by atoms with Crippen LogP contribution in [0.25, 0.3) is 0 Å². The lowest BCUT2D eigenvalue weighted by Crippen LogP contribution is -2.41. The van der Waals surface area contributed by atoms with Crippen LogP contribution in [0.1, 0.15) is 19.3 Å². The molecule has 7 nitrogen and oxygen atoms in total. The van der Waals surface area contributed by atoms with Crippen molar-refractivity contribution in [3.63, 3.8) is 0 Å². The smallest absolute Gasteiger partial charge is 0.236 e. The quantitative estimate of drug-likeness (QED) is 0.305. The zero-order chi connectivity index (χ0) is 14.3. The zero-order valence-corrected chi connectivity index (χ0v) is 11.6. The van der Waals surface area contributed by atoms with Gasteiger partial charge in [0.25, 0.3) is 0 Å². The summed E-state index contributed by atoms with van der Waals surface area (Å²) in [7, 11) is 0. The summed E-state index contributed by atoms with van der Waals surface area (Å²) in [5.74, 6) is -0.139. The monoisotopic (exact) mass is 276 g/mol. The van der Waals surface area contributed by atoms with Gasteiger partial charge in [-0.3, -0.25) is 4.79 Å². The fourth-order valence-corrected chi connectivity index (χ4v) is 1.42. The van der Waals surface area contributed by atoms with Gasteiger partial charge >= 0.3 is 0 Å². The molecule has 19 heavy (non-hydrogen) atoms. The van der Waals surface area contributed by atoms with Gasteiger partial charge in [-0.05, 0) is 19.4 Å². The minimum atomic E-state index is -0.459. The van der Waals surface area contributed by atoms with E-state index < -0.39 is 6.04 Å². The number of nitrogens with two attached hydrogens (primary N) is 3. The Morgan fingerprint density at radius 3 is 2.32 bits per heavy atom. The van der Waals surface area contributed by atoms with E-state index in [0.29, 0.717) is 52.5 Å². The van der Waals surface area contributed by atoms with Gasteiger partial charge in [0.1, 0.15) is 0 Å². The number of hydrogen-bond acceptors (Lipinski definition) is 6. The van der Waals surface area contributed by atoms with Crippen LogP contribution in [0.4, 0.5) is 0 Å². The highest BCUT2D eigenvalue weighted by Crippen LogP contribution is 1.97. The first kappa shape index (κ1) is 18.3. The van der Waals surface area contributed by atoms with Gasteiger partial charge in [-0.2, -0.15) is 0 Å². The molecular formula is C12H28N4O3. The van der Waals surface area contributed by atoms with Crippen LogP contribution in [0.15, 0.2) is 0 Å². The lowest BCUT2D eigenvalue weighted by Gasteiger charge is -2.12. The molecule has 0 heterocycles. The standard InChI is InChI=1S/C12H28N4O3/c13-4-2-1-3-11(15)12(17)16-6-8-19-10-9-18-7-5-14/h11H,1-10,13-15H2,(H,16,17)/t11-/m0/s1. The number of nitrogens with one attached hydrogen (secondary N) is 1. The maximum Gasteiger partial charge on any atom is 0.236 e. The second-order valence-corrected chi connectivity index (χ2v) is 4.20. The summed E-state index contributed by atoms with van der Waals surface area (Å²) in [6, 6.07) is -0.459. The summed E-state index contributed by atoms with van der Waals surface area (Å²) in [6.45, 7) is 3.61. The Morgan fingerprint density at radius 1 is 1.00 bits per heavy atom. The van der Waals surface area contributed by atoms with E-state index in [0.717, 1.165) is 12.8 Å². The Balaban J connectivity index is 3.32. The third-order valence-corrected chi connectivity index (χ3v) is 2.49. The topological polar surface area (TPSA) is 126 Å². The number of unbranched alkanes of at least 4 members (excludes halogenated alkanes) is 1. The van der Waals surface area contributed by atoms with Gasteiger partial charge in [0, 0.05) is 13.1 Å². The number of carbonyl (C=O) groups excluding carboxylic acids is 1. The second-order valence-electron chi connectivity index (χ2n) is 4.20. The molecule has 0 rings (SSSR count). The first-order chi connectivity index (χ1) is 9.22. The van der Waals surface area contributed by atoms with Crippen molar-refractivity contribution in [3.8, 4) is 0 Å². The molecule has 0 saturated heterocycles. The fourth-order valence-electron chi connectivity index (χ4n) is 1.42. The lowest BCUT2D eigenvalue weighted by molar-refractivity contribution is -0.122. The van der Waals surface area contributed by atoms with E-state index in [1.807, 2.05) is 0 Å². The zero-order valence-electron chi connectivity index (χ0n) is 11.6. The molecule has 0 aliphatic heterocycles. The molecule has 0 spiro atoms. The van der Waals surface area contributed by atoms with Crippen molar-refractivity contribution in [1.29, 1.82) is 0 Å². The highest BCUT2D eigenvalue weighted by Gasteiger charge is 2.11. The first-order valence-electron chi connectivity index (χ1n) is 6.81. The van der Waals surface area contributed by atoms with Gasteiger partial charge in [-0.25, -0.2) is 0 Å². The molecule has 0 aromatic heterocycles. The number of ether oxygens (including phenoxy) is 2. The molecule has 0 aromatic rings. The van der Waals surface area contributed by atoms with Crippen LogP contribution in [0, 0.1) is 0 Å². The summed E-state index contributed by atoms with van der Waals surface area (Å²) in [4.78, 5) is 11.5. The predicted octanol–water partition coefficient (Wildman–Crippen LogP) is -1.45. The fraction of sp³-hybridized carbons (Fsp3) is 0.917. The Bertz CT molecular complexity index is 217. The normalized spacial score (nSPS) is 12.4. The minimum Gasteiger partial charge on any atom is -0.378 e. The van der Waals surface area contributed by atoms with Crippen molar-refractivity contribution >= 4 is 5.91 Å². The van der Waals surface area contributed by atoms with Gasteiger partial charge in [-0.15, -0.1) is 0 Å². The molecule has 0 radical (unpaired) electrons. The Hall–Kier alpha value is -0.730. The molecule has 0 aromatic carbocycles. The second kappa shape index (κ2) is 13.7. The van der Waals surface area contributed by atoms with Crippen LogP contribution < -0.4 is 22.5 Å². The van der Waals surface area contributed by atoms with Crippen LogP contribution in [-0.4, -0.2) is 58.0 Å². The van der Waals surface area contributed by atoms with Gasteiger partial charge < -0.3 is 32.0 Å². The molecule has 0 saturated carbocycles. The van der Waals surface area contributed by atoms with Crippen LogP contribution in [-0.2, 0) is 14.3 Å². The van der Waals surface area contributed by atoms with E-state index in [4.69, 9.17) is 26.7 Å². The number of amides is 1. The first-order valence-corrected chi connectivity index (χ1v) is 6.81. The summed E-state index contributed by atoms with van der Waals surface area (Å²) in [5.41, 5.74) is 16.4. The predicted molar refractivity (Wildman–Crippen MR) is 74.6 cm³/mol. The number of rotatable bonds is 13. The van der Waals surface area contributed by atoms with E-state index in [-0.39, 0.29) is 5.91 Å². The summed E-state index contributed by atoms with van der Waals surface area (Å²) in [5, 5.41) is 2.73. The Kier molecular flexibility index (Phi) is 13.2. The van der Waals surface area contributed by atoms with Crippen molar-refractivity contribution < 1.29 is 14.3 Å². The van der Waals surface area contributed by atoms with E-state index in [1.54, 1.807) is 0 Å². The molecule has 7 heteroatoms.